The third-order valence-electron chi connectivity index (χ3n) is 9.88. The molecular formula is C28H40FN3O. The van der Waals surface area contributed by atoms with Gasteiger partial charge in [-0.15, -0.1) is 0 Å². The molecule has 0 saturated heterocycles. The SMILES string of the molecule is CC1CCC(C2CC[C@@]3(C)C(CC[C@@H]3C(=O)Cn3cc4cc(F)ccc4n3)[C@@H]2CCN)CC1. The monoisotopic (exact) mass is 453 g/mol. The van der Waals surface area contributed by atoms with E-state index in [2.05, 4.69) is 18.9 Å². The normalized spacial score (nSPS) is 36.7. The number of hydrogen-bond donors (Lipinski definition) is 1. The third kappa shape index (κ3) is 4.26. The van der Waals surface area contributed by atoms with Gasteiger partial charge in [0.25, 0.3) is 0 Å². The number of ketones is 1. The minimum Gasteiger partial charge on any atom is -0.330 e. The molecule has 33 heavy (non-hydrogen) atoms. The largest absolute Gasteiger partial charge is 0.330 e. The van der Waals surface area contributed by atoms with Crippen LogP contribution < -0.4 is 5.73 Å². The summed E-state index contributed by atoms with van der Waals surface area (Å²) in [4.78, 5) is 13.5. The van der Waals surface area contributed by atoms with Gasteiger partial charge in [0.1, 0.15) is 5.82 Å². The quantitative estimate of drug-likeness (QED) is 0.585. The van der Waals surface area contributed by atoms with E-state index in [1.54, 1.807) is 10.7 Å². The number of nitrogens with zero attached hydrogens (tertiary/aromatic N) is 2. The molecule has 5 heteroatoms. The van der Waals surface area contributed by atoms with Gasteiger partial charge in [-0.1, -0.05) is 26.7 Å². The van der Waals surface area contributed by atoms with Crippen LogP contribution in [0.5, 0.6) is 0 Å². The van der Waals surface area contributed by atoms with E-state index in [4.69, 9.17) is 5.73 Å². The summed E-state index contributed by atoms with van der Waals surface area (Å²) >= 11 is 0. The van der Waals surface area contributed by atoms with Crippen LogP contribution in [0, 0.1) is 46.7 Å². The number of carbonyl (C=O) groups excluding carboxylic acids is 1. The molecule has 0 bridgehead atoms. The third-order valence-corrected chi connectivity index (χ3v) is 9.88. The van der Waals surface area contributed by atoms with E-state index in [1.165, 1.54) is 44.2 Å². The van der Waals surface area contributed by atoms with Crippen molar-refractivity contribution in [2.75, 3.05) is 6.54 Å². The molecule has 0 aliphatic heterocycles. The lowest BCUT2D eigenvalue weighted by atomic mass is 9.53. The van der Waals surface area contributed by atoms with Crippen LogP contribution in [0.3, 0.4) is 0 Å². The molecule has 5 atom stereocenters. The Labute approximate surface area is 197 Å². The molecule has 5 rings (SSSR count). The Balaban J connectivity index is 1.32. The van der Waals surface area contributed by atoms with Crippen LogP contribution in [0.25, 0.3) is 10.9 Å². The number of aromatic nitrogens is 2. The van der Waals surface area contributed by atoms with Crippen LogP contribution in [0.1, 0.15) is 71.6 Å². The summed E-state index contributed by atoms with van der Waals surface area (Å²) in [6, 6.07) is 4.59. The van der Waals surface area contributed by atoms with E-state index >= 15 is 0 Å². The first-order chi connectivity index (χ1) is 15.9. The summed E-state index contributed by atoms with van der Waals surface area (Å²) in [5.74, 6) is 3.93. The van der Waals surface area contributed by atoms with Crippen LogP contribution >= 0.6 is 0 Å². The van der Waals surface area contributed by atoms with Gasteiger partial charge in [-0.3, -0.25) is 9.48 Å². The highest BCUT2D eigenvalue weighted by Gasteiger charge is 2.56. The molecule has 0 radical (unpaired) electrons. The molecule has 3 saturated carbocycles. The van der Waals surface area contributed by atoms with Crippen LogP contribution in [0.2, 0.25) is 0 Å². The number of Topliss-reactive ketones (excluding diaryl/α,β-unsaturated/α-hetero) is 1. The number of fused-ring (bicyclic) bond motifs is 2. The molecule has 2 N–H and O–H groups in total. The van der Waals surface area contributed by atoms with E-state index < -0.39 is 0 Å². The van der Waals surface area contributed by atoms with Crippen molar-refractivity contribution in [1.82, 2.24) is 9.78 Å². The summed E-state index contributed by atoms with van der Waals surface area (Å²) in [7, 11) is 0. The molecule has 3 aliphatic rings. The number of halogens is 1. The molecule has 180 valence electrons. The van der Waals surface area contributed by atoms with E-state index in [-0.39, 0.29) is 23.7 Å². The summed E-state index contributed by atoms with van der Waals surface area (Å²) in [6.07, 6.45) is 13.0. The van der Waals surface area contributed by atoms with Crippen molar-refractivity contribution >= 4 is 16.7 Å². The van der Waals surface area contributed by atoms with Crippen molar-refractivity contribution in [1.29, 1.82) is 0 Å². The first kappa shape index (κ1) is 23.0. The minimum atomic E-state index is -0.269. The molecule has 0 spiro atoms. The maximum Gasteiger partial charge on any atom is 0.157 e. The van der Waals surface area contributed by atoms with Gasteiger partial charge in [-0.2, -0.15) is 5.10 Å². The van der Waals surface area contributed by atoms with Gasteiger partial charge in [0.2, 0.25) is 0 Å². The predicted octanol–water partition coefficient (Wildman–Crippen LogP) is 5.98. The second-order valence-corrected chi connectivity index (χ2v) is 11.7. The van der Waals surface area contributed by atoms with Gasteiger partial charge in [0.05, 0.1) is 12.1 Å². The summed E-state index contributed by atoms with van der Waals surface area (Å²) in [5, 5.41) is 5.28. The molecule has 3 aliphatic carbocycles. The fourth-order valence-corrected chi connectivity index (χ4v) is 8.15. The van der Waals surface area contributed by atoms with E-state index in [0.29, 0.717) is 17.6 Å². The molecule has 1 aromatic heterocycles. The average molecular weight is 454 g/mol. The smallest absolute Gasteiger partial charge is 0.157 e. The number of benzene rings is 1. The number of carbonyl (C=O) groups is 1. The van der Waals surface area contributed by atoms with Crippen molar-refractivity contribution in [2.45, 2.75) is 78.2 Å². The fraction of sp³-hybridized carbons (Fsp3) is 0.714. The second-order valence-electron chi connectivity index (χ2n) is 11.7. The van der Waals surface area contributed by atoms with Gasteiger partial charge >= 0.3 is 0 Å². The lowest BCUT2D eigenvalue weighted by Crippen LogP contribution is -2.46. The Hall–Kier alpha value is -1.75. The van der Waals surface area contributed by atoms with Gasteiger partial charge in [-0.05, 0) is 105 Å². The molecule has 1 aromatic carbocycles. The Morgan fingerprint density at radius 3 is 2.73 bits per heavy atom. The number of hydrogen-bond acceptors (Lipinski definition) is 3. The molecule has 2 unspecified atom stereocenters. The number of rotatable bonds is 6. The van der Waals surface area contributed by atoms with E-state index in [9.17, 15) is 9.18 Å². The van der Waals surface area contributed by atoms with Crippen LogP contribution in [0.4, 0.5) is 4.39 Å². The Morgan fingerprint density at radius 2 is 1.97 bits per heavy atom. The fourth-order valence-electron chi connectivity index (χ4n) is 8.15. The van der Waals surface area contributed by atoms with Gasteiger partial charge < -0.3 is 5.73 Å². The van der Waals surface area contributed by atoms with Crippen molar-refractivity contribution in [2.24, 2.45) is 46.7 Å². The summed E-state index contributed by atoms with van der Waals surface area (Å²) in [6.45, 7) is 5.84. The lowest BCUT2D eigenvalue weighted by Gasteiger charge is -2.51. The molecule has 1 heterocycles. The molecule has 0 amide bonds. The topological polar surface area (TPSA) is 60.9 Å². The first-order valence-electron chi connectivity index (χ1n) is 13.2. The Morgan fingerprint density at radius 1 is 1.18 bits per heavy atom. The second kappa shape index (κ2) is 9.13. The predicted molar refractivity (Wildman–Crippen MR) is 130 cm³/mol. The maximum atomic E-state index is 13.6. The highest BCUT2D eigenvalue weighted by molar-refractivity contribution is 5.83. The zero-order valence-corrected chi connectivity index (χ0v) is 20.3. The number of nitrogens with two attached hydrogens (primary N) is 1. The molecule has 3 fully saturated rings. The van der Waals surface area contributed by atoms with Gasteiger partial charge in [0, 0.05) is 17.5 Å². The van der Waals surface area contributed by atoms with Crippen LogP contribution in [-0.2, 0) is 11.3 Å². The molecule has 2 aromatic rings. The summed E-state index contributed by atoms with van der Waals surface area (Å²) < 4.78 is 15.3. The van der Waals surface area contributed by atoms with Gasteiger partial charge in [0.15, 0.2) is 5.78 Å². The van der Waals surface area contributed by atoms with E-state index in [1.807, 2.05) is 6.20 Å². The zero-order chi connectivity index (χ0) is 23.2. The zero-order valence-electron chi connectivity index (χ0n) is 20.3. The van der Waals surface area contributed by atoms with Crippen molar-refractivity contribution in [3.8, 4) is 0 Å². The van der Waals surface area contributed by atoms with Gasteiger partial charge in [-0.25, -0.2) is 4.39 Å². The highest BCUT2D eigenvalue weighted by Crippen LogP contribution is 2.61. The van der Waals surface area contributed by atoms with Crippen LogP contribution in [-0.4, -0.2) is 22.1 Å². The van der Waals surface area contributed by atoms with Crippen LogP contribution in [0.15, 0.2) is 24.4 Å². The van der Waals surface area contributed by atoms with E-state index in [0.717, 1.165) is 60.9 Å². The highest BCUT2D eigenvalue weighted by atomic mass is 19.1. The minimum absolute atomic E-state index is 0.0774. The lowest BCUT2D eigenvalue weighted by molar-refractivity contribution is -0.129. The Kier molecular flexibility index (Phi) is 6.37. The summed E-state index contributed by atoms with van der Waals surface area (Å²) in [5.41, 5.74) is 6.96. The first-order valence-corrected chi connectivity index (χ1v) is 13.2. The Bertz CT molecular complexity index is 994. The van der Waals surface area contributed by atoms with Crippen molar-refractivity contribution < 1.29 is 9.18 Å². The van der Waals surface area contributed by atoms with Crippen molar-refractivity contribution in [3.05, 3.63) is 30.2 Å². The molecule has 4 nitrogen and oxygen atoms in total. The maximum absolute atomic E-state index is 13.6. The van der Waals surface area contributed by atoms with Crippen molar-refractivity contribution in [3.63, 3.8) is 0 Å². The standard InChI is InChI=1S/C28H40FN3O/c1-18-3-5-19(6-4-18)22-11-13-28(2)24(23(22)12-14-30)8-9-25(28)27(33)17-32-16-20-15-21(29)7-10-26(20)31-32/h7,10,15-16,18-19,22-25H,3-6,8-9,11-14,17,30H2,1-2H3/t18?,19?,22?,23-,24?,25-,28+/m1/s1. The molecular weight excluding hydrogens is 413 g/mol. The average Bonchev–Trinajstić information content (AvgIpc) is 3.34.